The van der Waals surface area contributed by atoms with Gasteiger partial charge in [0, 0.05) is 19.2 Å². The summed E-state index contributed by atoms with van der Waals surface area (Å²) in [5.74, 6) is -2.37. The van der Waals surface area contributed by atoms with Crippen molar-refractivity contribution >= 4 is 23.3 Å². The Morgan fingerprint density at radius 2 is 2.00 bits per heavy atom. The number of carbonyl (C=O) groups is 1. The van der Waals surface area contributed by atoms with Gasteiger partial charge in [0.15, 0.2) is 0 Å². The average Bonchev–Trinajstić information content (AvgIpc) is 2.35. The SMILES string of the molecule is NCCNc1ccc([N+](=O)[O-])c(N)n1.O=C(O)C(F)(F)F. The Morgan fingerprint density at radius 1 is 1.48 bits per heavy atom. The number of hydrogen-bond acceptors (Lipinski definition) is 7. The highest BCUT2D eigenvalue weighted by Gasteiger charge is 2.38. The van der Waals surface area contributed by atoms with E-state index in [9.17, 15) is 23.3 Å². The summed E-state index contributed by atoms with van der Waals surface area (Å²) in [5.41, 5.74) is 10.4. The summed E-state index contributed by atoms with van der Waals surface area (Å²) >= 11 is 0. The van der Waals surface area contributed by atoms with Crippen LogP contribution in [-0.2, 0) is 4.79 Å². The van der Waals surface area contributed by atoms with E-state index in [1.54, 1.807) is 0 Å². The van der Waals surface area contributed by atoms with E-state index in [2.05, 4.69) is 10.3 Å². The normalized spacial score (nSPS) is 10.3. The number of pyridine rings is 1. The van der Waals surface area contributed by atoms with E-state index in [1.165, 1.54) is 12.1 Å². The fraction of sp³-hybridized carbons (Fsp3) is 0.333. The molecule has 0 unspecified atom stereocenters. The summed E-state index contributed by atoms with van der Waals surface area (Å²) in [6.07, 6.45) is -5.08. The molecule has 1 rings (SSSR count). The van der Waals surface area contributed by atoms with Crippen LogP contribution in [-0.4, -0.2) is 40.2 Å². The number of aromatic nitrogens is 1. The van der Waals surface area contributed by atoms with E-state index in [-0.39, 0.29) is 11.5 Å². The molecule has 0 aliphatic heterocycles. The highest BCUT2D eigenvalue weighted by Crippen LogP contribution is 2.20. The van der Waals surface area contributed by atoms with Crippen LogP contribution in [0, 0.1) is 10.1 Å². The molecule has 0 spiro atoms. The molecule has 0 aliphatic rings. The molecule has 1 heterocycles. The third kappa shape index (κ3) is 6.91. The predicted molar refractivity (Wildman–Crippen MR) is 66.5 cm³/mol. The van der Waals surface area contributed by atoms with Crippen molar-refractivity contribution in [3.05, 3.63) is 22.2 Å². The lowest BCUT2D eigenvalue weighted by Gasteiger charge is -2.03. The Morgan fingerprint density at radius 3 is 2.33 bits per heavy atom. The second kappa shape index (κ2) is 7.84. The molecule has 0 aromatic carbocycles. The van der Waals surface area contributed by atoms with Crippen LogP contribution >= 0.6 is 0 Å². The number of halogens is 3. The molecule has 9 nitrogen and oxygen atoms in total. The molecule has 0 radical (unpaired) electrons. The van der Waals surface area contributed by atoms with Crippen molar-refractivity contribution in [2.45, 2.75) is 6.18 Å². The molecule has 0 fully saturated rings. The summed E-state index contributed by atoms with van der Waals surface area (Å²) in [5, 5.41) is 20.4. The maximum atomic E-state index is 10.6. The van der Waals surface area contributed by atoms with Crippen molar-refractivity contribution in [3.63, 3.8) is 0 Å². The molecule has 6 N–H and O–H groups in total. The van der Waals surface area contributed by atoms with E-state index in [1.807, 2.05) is 0 Å². The van der Waals surface area contributed by atoms with E-state index >= 15 is 0 Å². The molecule has 12 heteroatoms. The molecule has 0 aliphatic carbocycles. The number of nitrogens with one attached hydrogen (secondary N) is 1. The van der Waals surface area contributed by atoms with Gasteiger partial charge in [-0.25, -0.2) is 9.78 Å². The summed E-state index contributed by atoms with van der Waals surface area (Å²) < 4.78 is 31.7. The minimum absolute atomic E-state index is 0.1000. The summed E-state index contributed by atoms with van der Waals surface area (Å²) in [7, 11) is 0. The van der Waals surface area contributed by atoms with Crippen molar-refractivity contribution in [2.75, 3.05) is 24.1 Å². The van der Waals surface area contributed by atoms with Crippen LogP contribution in [0.25, 0.3) is 0 Å². The number of aliphatic carboxylic acids is 1. The molecule has 0 atom stereocenters. The van der Waals surface area contributed by atoms with Gasteiger partial charge in [0.05, 0.1) is 4.92 Å². The first-order valence-electron chi connectivity index (χ1n) is 5.24. The molecular weight excluding hydrogens is 299 g/mol. The van der Waals surface area contributed by atoms with Gasteiger partial charge in [-0.05, 0) is 6.07 Å². The van der Waals surface area contributed by atoms with Gasteiger partial charge >= 0.3 is 17.8 Å². The minimum atomic E-state index is -5.08. The van der Waals surface area contributed by atoms with Gasteiger partial charge in [-0.1, -0.05) is 0 Å². The lowest BCUT2D eigenvalue weighted by atomic mass is 10.4. The quantitative estimate of drug-likeness (QED) is 0.464. The lowest BCUT2D eigenvalue weighted by Crippen LogP contribution is -2.21. The molecule has 118 valence electrons. The van der Waals surface area contributed by atoms with Gasteiger partial charge < -0.3 is 21.9 Å². The highest BCUT2D eigenvalue weighted by atomic mass is 19.4. The number of hydrogen-bond donors (Lipinski definition) is 4. The number of nitrogens with zero attached hydrogens (tertiary/aromatic N) is 2. The van der Waals surface area contributed by atoms with Crippen LogP contribution in [0.4, 0.5) is 30.5 Å². The zero-order chi connectivity index (χ0) is 16.6. The molecule has 21 heavy (non-hydrogen) atoms. The van der Waals surface area contributed by atoms with Gasteiger partial charge in [-0.2, -0.15) is 13.2 Å². The molecule has 0 bridgehead atoms. The zero-order valence-electron chi connectivity index (χ0n) is 10.4. The number of anilines is 2. The van der Waals surface area contributed by atoms with Crippen molar-refractivity contribution in [3.8, 4) is 0 Å². The van der Waals surface area contributed by atoms with Crippen molar-refractivity contribution in [2.24, 2.45) is 5.73 Å². The molecule has 1 aromatic heterocycles. The molecule has 0 saturated heterocycles. The number of carboxylic acid groups (broad SMARTS) is 1. The van der Waals surface area contributed by atoms with Crippen LogP contribution in [0.1, 0.15) is 0 Å². The minimum Gasteiger partial charge on any atom is -0.475 e. The predicted octanol–water partition coefficient (Wildman–Crippen LogP) is 0.576. The Labute approximate surface area is 115 Å². The Kier molecular flexibility index (Phi) is 6.86. The highest BCUT2D eigenvalue weighted by molar-refractivity contribution is 5.73. The van der Waals surface area contributed by atoms with Crippen LogP contribution in [0.5, 0.6) is 0 Å². The van der Waals surface area contributed by atoms with E-state index in [4.69, 9.17) is 21.4 Å². The van der Waals surface area contributed by atoms with Gasteiger partial charge in [0.25, 0.3) is 0 Å². The largest absolute Gasteiger partial charge is 0.490 e. The molecule has 1 aromatic rings. The smallest absolute Gasteiger partial charge is 0.475 e. The van der Waals surface area contributed by atoms with Crippen LogP contribution in [0.3, 0.4) is 0 Å². The Hall–Kier alpha value is -2.63. The van der Waals surface area contributed by atoms with Crippen molar-refractivity contribution < 1.29 is 28.0 Å². The number of alkyl halides is 3. The number of carboxylic acids is 1. The second-order valence-electron chi connectivity index (χ2n) is 3.38. The summed E-state index contributed by atoms with van der Waals surface area (Å²) in [4.78, 5) is 22.5. The van der Waals surface area contributed by atoms with Crippen LogP contribution in [0.15, 0.2) is 12.1 Å². The number of rotatable bonds is 4. The topological polar surface area (TPSA) is 157 Å². The Balaban J connectivity index is 0.000000486. The molecular formula is C9H12F3N5O4. The number of nitrogens with two attached hydrogens (primary N) is 2. The summed E-state index contributed by atoms with van der Waals surface area (Å²) in [6, 6.07) is 2.80. The third-order valence-corrected chi connectivity index (χ3v) is 1.79. The van der Waals surface area contributed by atoms with E-state index < -0.39 is 17.1 Å². The standard InChI is InChI=1S/C7H11N5O2.C2HF3O2/c8-3-4-10-6-2-1-5(12(13)14)7(9)11-6;3-2(4,5)1(6)7/h1-2H,3-4,8H2,(H3,9,10,11);(H,6,7). The lowest BCUT2D eigenvalue weighted by molar-refractivity contribution is -0.384. The van der Waals surface area contributed by atoms with Crippen LogP contribution in [0.2, 0.25) is 0 Å². The van der Waals surface area contributed by atoms with E-state index in [0.29, 0.717) is 18.9 Å². The zero-order valence-corrected chi connectivity index (χ0v) is 10.4. The fourth-order valence-electron chi connectivity index (χ4n) is 0.921. The van der Waals surface area contributed by atoms with Gasteiger partial charge in [0.2, 0.25) is 5.82 Å². The number of nitro groups is 1. The monoisotopic (exact) mass is 311 g/mol. The molecule has 0 amide bonds. The first kappa shape index (κ1) is 18.4. The van der Waals surface area contributed by atoms with Gasteiger partial charge in [-0.15, -0.1) is 0 Å². The Bertz CT molecular complexity index is 509. The maximum absolute atomic E-state index is 10.6. The van der Waals surface area contributed by atoms with Crippen LogP contribution < -0.4 is 16.8 Å². The first-order chi connectivity index (χ1) is 9.59. The van der Waals surface area contributed by atoms with E-state index in [0.717, 1.165) is 0 Å². The van der Waals surface area contributed by atoms with Crippen molar-refractivity contribution in [1.29, 1.82) is 0 Å². The first-order valence-corrected chi connectivity index (χ1v) is 5.24. The second-order valence-corrected chi connectivity index (χ2v) is 3.38. The number of nitrogen functional groups attached to an aromatic ring is 1. The average molecular weight is 311 g/mol. The van der Waals surface area contributed by atoms with Gasteiger partial charge in [-0.3, -0.25) is 10.1 Å². The maximum Gasteiger partial charge on any atom is 0.490 e. The summed E-state index contributed by atoms with van der Waals surface area (Å²) in [6.45, 7) is 1.00. The molecule has 0 saturated carbocycles. The fourth-order valence-corrected chi connectivity index (χ4v) is 0.921. The van der Waals surface area contributed by atoms with Crippen molar-refractivity contribution in [1.82, 2.24) is 4.98 Å². The van der Waals surface area contributed by atoms with Gasteiger partial charge in [0.1, 0.15) is 5.82 Å². The third-order valence-electron chi connectivity index (χ3n) is 1.79.